The molecule has 110 valence electrons. The number of aliphatic hydroxyl groups is 1. The minimum Gasteiger partial charge on any atom is -0.399 e. The molecule has 0 saturated carbocycles. The summed E-state index contributed by atoms with van der Waals surface area (Å²) in [7, 11) is -3.59. The average molecular weight is 297 g/mol. The zero-order chi connectivity index (χ0) is 14.8. The van der Waals surface area contributed by atoms with Crippen LogP contribution in [0.25, 0.3) is 10.9 Å². The molecular weight excluding hydrogens is 278 g/mol. The largest absolute Gasteiger partial charge is 0.399 e. The summed E-state index contributed by atoms with van der Waals surface area (Å²) in [4.78, 5) is 3.17. The molecule has 4 N–H and O–H groups in total. The molecule has 2 rings (SSSR count). The number of nitrogens with zero attached hydrogens (tertiary/aromatic N) is 1. The predicted molar refractivity (Wildman–Crippen MR) is 78.8 cm³/mol. The molecule has 0 spiro atoms. The molecule has 0 aliphatic carbocycles. The Labute approximate surface area is 118 Å². The van der Waals surface area contributed by atoms with E-state index in [0.29, 0.717) is 30.6 Å². The van der Waals surface area contributed by atoms with Gasteiger partial charge in [0.15, 0.2) is 0 Å². The Morgan fingerprint density at radius 3 is 2.80 bits per heavy atom. The molecular formula is C13H19N3O3S. The molecule has 0 aliphatic rings. The van der Waals surface area contributed by atoms with Crippen molar-refractivity contribution in [2.24, 2.45) is 0 Å². The van der Waals surface area contributed by atoms with Crippen LogP contribution in [-0.4, -0.2) is 42.5 Å². The van der Waals surface area contributed by atoms with Crippen LogP contribution in [0.15, 0.2) is 29.3 Å². The third kappa shape index (κ3) is 2.65. The summed E-state index contributed by atoms with van der Waals surface area (Å²) in [5, 5.41) is 9.46. The highest BCUT2D eigenvalue weighted by molar-refractivity contribution is 7.89. The number of anilines is 1. The topological polar surface area (TPSA) is 99.4 Å². The Bertz CT molecular complexity index is 694. The fourth-order valence-corrected chi connectivity index (χ4v) is 3.80. The summed E-state index contributed by atoms with van der Waals surface area (Å²) in [6, 6.07) is 5.13. The molecule has 1 heterocycles. The van der Waals surface area contributed by atoms with Gasteiger partial charge in [-0.15, -0.1) is 0 Å². The van der Waals surface area contributed by atoms with E-state index in [1.165, 1.54) is 10.5 Å². The first kappa shape index (κ1) is 14.8. The summed E-state index contributed by atoms with van der Waals surface area (Å²) in [6.45, 7) is 2.40. The van der Waals surface area contributed by atoms with Gasteiger partial charge in [-0.1, -0.05) is 6.92 Å². The number of nitrogens with one attached hydrogen (secondary N) is 1. The van der Waals surface area contributed by atoms with Crippen molar-refractivity contribution in [2.75, 3.05) is 25.4 Å². The molecule has 0 bridgehead atoms. The molecule has 0 unspecified atom stereocenters. The predicted octanol–water partition coefficient (Wildman–Crippen LogP) is 1.14. The maximum absolute atomic E-state index is 12.6. The van der Waals surface area contributed by atoms with Gasteiger partial charge in [-0.05, 0) is 24.6 Å². The minimum absolute atomic E-state index is 0.0349. The Morgan fingerprint density at radius 2 is 2.15 bits per heavy atom. The highest BCUT2D eigenvalue weighted by Crippen LogP contribution is 2.27. The van der Waals surface area contributed by atoms with Crippen molar-refractivity contribution in [3.63, 3.8) is 0 Å². The van der Waals surface area contributed by atoms with Crippen LogP contribution in [0.2, 0.25) is 0 Å². The lowest BCUT2D eigenvalue weighted by Crippen LogP contribution is -2.32. The van der Waals surface area contributed by atoms with E-state index in [2.05, 4.69) is 4.98 Å². The highest BCUT2D eigenvalue weighted by atomic mass is 32.2. The van der Waals surface area contributed by atoms with Crippen LogP contribution in [0.5, 0.6) is 0 Å². The third-order valence-electron chi connectivity index (χ3n) is 3.20. The summed E-state index contributed by atoms with van der Waals surface area (Å²) in [5.41, 5.74) is 6.98. The molecule has 0 atom stereocenters. The number of nitrogens with two attached hydrogens (primary N) is 1. The van der Waals surface area contributed by atoms with E-state index in [1.807, 2.05) is 0 Å². The number of hydrogen-bond donors (Lipinski definition) is 3. The smallest absolute Gasteiger partial charge is 0.245 e. The number of benzene rings is 1. The third-order valence-corrected chi connectivity index (χ3v) is 5.22. The molecule has 0 fully saturated rings. The first-order valence-electron chi connectivity index (χ1n) is 6.48. The van der Waals surface area contributed by atoms with Crippen molar-refractivity contribution >= 4 is 26.6 Å². The first-order chi connectivity index (χ1) is 9.50. The fourth-order valence-electron chi connectivity index (χ4n) is 2.16. The Balaban J connectivity index is 2.47. The number of rotatable bonds is 6. The van der Waals surface area contributed by atoms with Crippen LogP contribution < -0.4 is 5.73 Å². The lowest BCUT2D eigenvalue weighted by molar-refractivity contribution is 0.271. The first-order valence-corrected chi connectivity index (χ1v) is 7.92. The van der Waals surface area contributed by atoms with Crippen molar-refractivity contribution in [3.05, 3.63) is 24.4 Å². The Kier molecular flexibility index (Phi) is 4.32. The van der Waals surface area contributed by atoms with Gasteiger partial charge in [0.05, 0.1) is 0 Å². The molecule has 0 amide bonds. The van der Waals surface area contributed by atoms with Crippen molar-refractivity contribution in [1.29, 1.82) is 0 Å². The molecule has 20 heavy (non-hydrogen) atoms. The summed E-state index contributed by atoms with van der Waals surface area (Å²) < 4.78 is 26.6. The van der Waals surface area contributed by atoms with Gasteiger partial charge >= 0.3 is 0 Å². The van der Waals surface area contributed by atoms with Crippen molar-refractivity contribution in [2.45, 2.75) is 18.2 Å². The quantitative estimate of drug-likeness (QED) is 0.696. The second kappa shape index (κ2) is 5.82. The van der Waals surface area contributed by atoms with Crippen molar-refractivity contribution < 1.29 is 13.5 Å². The van der Waals surface area contributed by atoms with E-state index in [4.69, 9.17) is 10.8 Å². The van der Waals surface area contributed by atoms with Crippen LogP contribution in [0.1, 0.15) is 13.3 Å². The molecule has 7 heteroatoms. The van der Waals surface area contributed by atoms with E-state index in [0.717, 1.165) is 5.52 Å². The zero-order valence-electron chi connectivity index (χ0n) is 11.3. The van der Waals surface area contributed by atoms with Crippen LogP contribution in [-0.2, 0) is 10.0 Å². The van der Waals surface area contributed by atoms with E-state index >= 15 is 0 Å². The van der Waals surface area contributed by atoms with Crippen LogP contribution in [0.4, 0.5) is 5.69 Å². The van der Waals surface area contributed by atoms with Crippen molar-refractivity contribution in [3.8, 4) is 0 Å². The molecule has 1 aromatic carbocycles. The van der Waals surface area contributed by atoms with E-state index < -0.39 is 10.0 Å². The second-order valence-electron chi connectivity index (χ2n) is 4.53. The van der Waals surface area contributed by atoms with Gasteiger partial charge < -0.3 is 15.8 Å². The van der Waals surface area contributed by atoms with Gasteiger partial charge in [-0.25, -0.2) is 8.42 Å². The lowest BCUT2D eigenvalue weighted by atomic mass is 10.2. The number of hydrogen-bond acceptors (Lipinski definition) is 4. The highest BCUT2D eigenvalue weighted by Gasteiger charge is 2.25. The van der Waals surface area contributed by atoms with Crippen LogP contribution in [0, 0.1) is 0 Å². The van der Waals surface area contributed by atoms with Gasteiger partial charge in [0.2, 0.25) is 10.0 Å². The van der Waals surface area contributed by atoms with Gasteiger partial charge in [0, 0.05) is 42.5 Å². The number of H-pyrrole nitrogens is 1. The van der Waals surface area contributed by atoms with E-state index in [1.54, 1.807) is 25.1 Å². The zero-order valence-corrected chi connectivity index (χ0v) is 12.2. The maximum Gasteiger partial charge on any atom is 0.245 e. The maximum atomic E-state index is 12.6. The minimum atomic E-state index is -3.59. The fraction of sp³-hybridized carbons (Fsp3) is 0.385. The Morgan fingerprint density at radius 1 is 1.40 bits per heavy atom. The van der Waals surface area contributed by atoms with Crippen molar-refractivity contribution in [1.82, 2.24) is 9.29 Å². The van der Waals surface area contributed by atoms with Crippen LogP contribution >= 0.6 is 0 Å². The summed E-state index contributed by atoms with van der Waals surface area (Å²) >= 11 is 0. The number of nitrogen functional groups attached to an aromatic ring is 1. The van der Waals surface area contributed by atoms with E-state index in [9.17, 15) is 8.42 Å². The van der Waals surface area contributed by atoms with Gasteiger partial charge in [0.1, 0.15) is 4.90 Å². The lowest BCUT2D eigenvalue weighted by Gasteiger charge is -2.19. The summed E-state index contributed by atoms with van der Waals surface area (Å²) in [6.07, 6.45) is 1.90. The van der Waals surface area contributed by atoms with E-state index in [-0.39, 0.29) is 11.5 Å². The summed E-state index contributed by atoms with van der Waals surface area (Å²) in [5.74, 6) is 0. The monoisotopic (exact) mass is 297 g/mol. The second-order valence-corrected chi connectivity index (χ2v) is 6.44. The SMILES string of the molecule is CCN(CCCO)S(=O)(=O)c1c[nH]c2ccc(N)cc12. The molecule has 0 aliphatic heterocycles. The van der Waals surface area contributed by atoms with Gasteiger partial charge in [-0.2, -0.15) is 4.31 Å². The number of fused-ring (bicyclic) bond motifs is 1. The van der Waals surface area contributed by atoms with Crippen LogP contribution in [0.3, 0.4) is 0 Å². The number of aliphatic hydroxyl groups excluding tert-OH is 1. The number of aromatic nitrogens is 1. The molecule has 0 saturated heterocycles. The number of aromatic amines is 1. The normalized spacial score (nSPS) is 12.3. The standard InChI is InChI=1S/C13H19N3O3S/c1-2-16(6-3-7-17)20(18,19)13-9-15-12-5-4-10(14)8-11(12)13/h4-5,8-9,15,17H,2-3,6-7,14H2,1H3. The molecule has 0 radical (unpaired) electrons. The van der Waals surface area contributed by atoms with Gasteiger partial charge in [-0.3, -0.25) is 0 Å². The Hall–Kier alpha value is -1.57. The number of sulfonamides is 1. The van der Waals surface area contributed by atoms with Gasteiger partial charge in [0.25, 0.3) is 0 Å². The molecule has 1 aromatic heterocycles. The molecule has 2 aromatic rings. The molecule has 6 nitrogen and oxygen atoms in total. The average Bonchev–Trinajstić information content (AvgIpc) is 2.82.